The molecule has 0 radical (unpaired) electrons. The van der Waals surface area contributed by atoms with E-state index in [1.165, 1.54) is 5.56 Å². The van der Waals surface area contributed by atoms with Gasteiger partial charge in [-0.05, 0) is 55.2 Å². The SMILES string of the molecule is CCN(Cc1ccc2c(c1)OCO2)C(=O)COC(=O)Cc1ccc(C)c(C)c1. The number of hydrogen-bond acceptors (Lipinski definition) is 5. The molecule has 1 aliphatic rings. The van der Waals surface area contributed by atoms with E-state index in [1.54, 1.807) is 4.90 Å². The van der Waals surface area contributed by atoms with Crippen LogP contribution in [0.5, 0.6) is 11.5 Å². The lowest BCUT2D eigenvalue weighted by atomic mass is 10.0. The maximum Gasteiger partial charge on any atom is 0.310 e. The molecule has 2 aromatic rings. The topological polar surface area (TPSA) is 65.1 Å². The summed E-state index contributed by atoms with van der Waals surface area (Å²) in [5, 5.41) is 0. The average molecular weight is 383 g/mol. The lowest BCUT2D eigenvalue weighted by molar-refractivity contribution is -0.151. The van der Waals surface area contributed by atoms with E-state index in [1.807, 2.05) is 57.2 Å². The van der Waals surface area contributed by atoms with Crippen molar-refractivity contribution in [1.29, 1.82) is 0 Å². The summed E-state index contributed by atoms with van der Waals surface area (Å²) in [5.74, 6) is 0.753. The minimum absolute atomic E-state index is 0.155. The minimum Gasteiger partial charge on any atom is -0.455 e. The van der Waals surface area contributed by atoms with Gasteiger partial charge in [-0.1, -0.05) is 24.3 Å². The molecule has 6 heteroatoms. The number of likely N-dealkylation sites (N-methyl/N-ethyl adjacent to an activating group) is 1. The van der Waals surface area contributed by atoms with Gasteiger partial charge >= 0.3 is 5.97 Å². The highest BCUT2D eigenvalue weighted by molar-refractivity contribution is 5.81. The van der Waals surface area contributed by atoms with E-state index < -0.39 is 5.97 Å². The summed E-state index contributed by atoms with van der Waals surface area (Å²) in [6.45, 7) is 6.80. The molecule has 0 fully saturated rings. The third-order valence-electron chi connectivity index (χ3n) is 4.82. The van der Waals surface area contributed by atoms with Gasteiger partial charge in [0.15, 0.2) is 18.1 Å². The Morgan fingerprint density at radius 1 is 1.00 bits per heavy atom. The first-order valence-electron chi connectivity index (χ1n) is 9.34. The third kappa shape index (κ3) is 4.82. The van der Waals surface area contributed by atoms with Gasteiger partial charge in [-0.3, -0.25) is 9.59 Å². The zero-order valence-corrected chi connectivity index (χ0v) is 16.5. The lowest BCUT2D eigenvalue weighted by Crippen LogP contribution is -2.34. The smallest absolute Gasteiger partial charge is 0.310 e. The number of aryl methyl sites for hydroxylation is 2. The molecule has 0 unspecified atom stereocenters. The van der Waals surface area contributed by atoms with Gasteiger partial charge < -0.3 is 19.1 Å². The van der Waals surface area contributed by atoms with Gasteiger partial charge in [0.25, 0.3) is 5.91 Å². The van der Waals surface area contributed by atoms with E-state index in [0.29, 0.717) is 24.6 Å². The number of esters is 1. The first-order valence-corrected chi connectivity index (χ1v) is 9.34. The molecular weight excluding hydrogens is 358 g/mol. The van der Waals surface area contributed by atoms with Crippen molar-refractivity contribution in [3.8, 4) is 11.5 Å². The summed E-state index contributed by atoms with van der Waals surface area (Å²) in [6, 6.07) is 11.5. The highest BCUT2D eigenvalue weighted by Crippen LogP contribution is 2.32. The molecule has 1 heterocycles. The van der Waals surface area contributed by atoms with Crippen molar-refractivity contribution in [3.63, 3.8) is 0 Å². The summed E-state index contributed by atoms with van der Waals surface area (Å²) in [6.07, 6.45) is 0.155. The molecule has 0 saturated heterocycles. The van der Waals surface area contributed by atoms with E-state index in [2.05, 4.69) is 0 Å². The minimum atomic E-state index is -0.407. The Kier molecular flexibility index (Phi) is 6.19. The number of benzene rings is 2. The molecule has 0 aliphatic carbocycles. The fourth-order valence-electron chi connectivity index (χ4n) is 3.00. The van der Waals surface area contributed by atoms with Crippen molar-refractivity contribution in [3.05, 3.63) is 58.7 Å². The highest BCUT2D eigenvalue weighted by atomic mass is 16.7. The second-order valence-corrected chi connectivity index (χ2v) is 6.85. The molecule has 1 aliphatic heterocycles. The number of rotatable bonds is 7. The average Bonchev–Trinajstić information content (AvgIpc) is 3.15. The molecule has 148 valence electrons. The van der Waals surface area contributed by atoms with Crippen LogP contribution in [0.25, 0.3) is 0 Å². The van der Waals surface area contributed by atoms with Crippen molar-refractivity contribution in [2.45, 2.75) is 33.7 Å². The van der Waals surface area contributed by atoms with E-state index in [0.717, 1.165) is 16.7 Å². The van der Waals surface area contributed by atoms with E-state index in [-0.39, 0.29) is 25.7 Å². The van der Waals surface area contributed by atoms with Crippen LogP contribution in [0.15, 0.2) is 36.4 Å². The quantitative estimate of drug-likeness (QED) is 0.687. The number of amides is 1. The molecule has 28 heavy (non-hydrogen) atoms. The highest BCUT2D eigenvalue weighted by Gasteiger charge is 2.18. The molecule has 0 atom stereocenters. The van der Waals surface area contributed by atoms with Crippen LogP contribution in [0.4, 0.5) is 0 Å². The molecule has 1 amide bonds. The predicted molar refractivity (Wildman–Crippen MR) is 104 cm³/mol. The van der Waals surface area contributed by atoms with Crippen LogP contribution >= 0.6 is 0 Å². The molecule has 0 spiro atoms. The van der Waals surface area contributed by atoms with Gasteiger partial charge in [0, 0.05) is 13.1 Å². The number of carbonyl (C=O) groups excluding carboxylic acids is 2. The summed E-state index contributed by atoms with van der Waals surface area (Å²) >= 11 is 0. The van der Waals surface area contributed by atoms with Gasteiger partial charge in [-0.25, -0.2) is 0 Å². The second kappa shape index (κ2) is 8.78. The van der Waals surface area contributed by atoms with Crippen LogP contribution in [0, 0.1) is 13.8 Å². The fraction of sp³-hybridized carbons (Fsp3) is 0.364. The Morgan fingerprint density at radius 2 is 1.75 bits per heavy atom. The first-order chi connectivity index (χ1) is 13.5. The molecule has 2 aromatic carbocycles. The zero-order valence-electron chi connectivity index (χ0n) is 16.5. The lowest BCUT2D eigenvalue weighted by Gasteiger charge is -2.21. The Labute approximate surface area is 165 Å². The van der Waals surface area contributed by atoms with Crippen molar-refractivity contribution >= 4 is 11.9 Å². The van der Waals surface area contributed by atoms with Gasteiger partial charge in [0.1, 0.15) is 0 Å². The van der Waals surface area contributed by atoms with E-state index in [9.17, 15) is 9.59 Å². The van der Waals surface area contributed by atoms with Crippen LogP contribution in [-0.2, 0) is 27.3 Å². The van der Waals surface area contributed by atoms with Gasteiger partial charge in [-0.2, -0.15) is 0 Å². The summed E-state index contributed by atoms with van der Waals surface area (Å²) in [7, 11) is 0. The number of nitrogens with zero attached hydrogens (tertiary/aromatic N) is 1. The van der Waals surface area contributed by atoms with Gasteiger partial charge in [0.2, 0.25) is 6.79 Å². The maximum atomic E-state index is 12.5. The molecular formula is C22H25NO5. The predicted octanol–water partition coefficient (Wildman–Crippen LogP) is 3.17. The van der Waals surface area contributed by atoms with Crippen LogP contribution in [0.1, 0.15) is 29.2 Å². The third-order valence-corrected chi connectivity index (χ3v) is 4.82. The second-order valence-electron chi connectivity index (χ2n) is 6.85. The Hall–Kier alpha value is -3.02. The van der Waals surface area contributed by atoms with Crippen LogP contribution in [-0.4, -0.2) is 36.7 Å². The summed E-state index contributed by atoms with van der Waals surface area (Å²) < 4.78 is 15.9. The summed E-state index contributed by atoms with van der Waals surface area (Å²) in [4.78, 5) is 26.2. The fourth-order valence-corrected chi connectivity index (χ4v) is 3.00. The molecule has 6 nitrogen and oxygen atoms in total. The molecule has 0 bridgehead atoms. The molecule has 0 aromatic heterocycles. The Bertz CT molecular complexity index is 877. The van der Waals surface area contributed by atoms with Crippen molar-refractivity contribution < 1.29 is 23.8 Å². The van der Waals surface area contributed by atoms with Crippen molar-refractivity contribution in [2.24, 2.45) is 0 Å². The van der Waals surface area contributed by atoms with Crippen molar-refractivity contribution in [2.75, 3.05) is 19.9 Å². The van der Waals surface area contributed by atoms with Crippen LogP contribution in [0.3, 0.4) is 0 Å². The largest absolute Gasteiger partial charge is 0.455 e. The van der Waals surface area contributed by atoms with Crippen LogP contribution in [0.2, 0.25) is 0 Å². The monoisotopic (exact) mass is 383 g/mol. The number of ether oxygens (including phenoxy) is 3. The molecule has 3 rings (SSSR count). The van der Waals surface area contributed by atoms with Gasteiger partial charge in [-0.15, -0.1) is 0 Å². The van der Waals surface area contributed by atoms with Gasteiger partial charge in [0.05, 0.1) is 6.42 Å². The Balaban J connectivity index is 1.52. The number of fused-ring (bicyclic) bond motifs is 1. The number of carbonyl (C=O) groups is 2. The zero-order chi connectivity index (χ0) is 20.1. The summed E-state index contributed by atoms with van der Waals surface area (Å²) in [5.41, 5.74) is 4.12. The molecule has 0 N–H and O–H groups in total. The number of hydrogen-bond donors (Lipinski definition) is 0. The first kappa shape index (κ1) is 19.7. The molecule has 0 saturated carbocycles. The normalized spacial score (nSPS) is 12.0. The maximum absolute atomic E-state index is 12.5. The van der Waals surface area contributed by atoms with Crippen molar-refractivity contribution in [1.82, 2.24) is 4.90 Å². The van der Waals surface area contributed by atoms with Crippen LogP contribution < -0.4 is 9.47 Å². The van der Waals surface area contributed by atoms with E-state index in [4.69, 9.17) is 14.2 Å². The van der Waals surface area contributed by atoms with E-state index >= 15 is 0 Å². The Morgan fingerprint density at radius 3 is 2.50 bits per heavy atom. The standard InChI is InChI=1S/C22H25NO5/c1-4-23(12-18-7-8-19-20(10-18)28-14-27-19)21(24)13-26-22(25)11-17-6-5-15(2)16(3)9-17/h5-10H,4,11-14H2,1-3H3.